The first kappa shape index (κ1) is 26.1. The van der Waals surface area contributed by atoms with Crippen LogP contribution in [-0.2, 0) is 28.4 Å². The van der Waals surface area contributed by atoms with E-state index in [4.69, 9.17) is 28.4 Å². The molecule has 172 valence electrons. The zero-order chi connectivity index (χ0) is 21.2. The molecule has 1 aliphatic rings. The van der Waals surface area contributed by atoms with Crippen molar-refractivity contribution in [2.24, 2.45) is 0 Å². The second kappa shape index (κ2) is 16.8. The predicted octanol–water partition coefficient (Wildman–Crippen LogP) is 1.35. The summed E-state index contributed by atoms with van der Waals surface area (Å²) in [6.45, 7) is 12.7. The van der Waals surface area contributed by atoms with Gasteiger partial charge in [0.25, 0.3) is 0 Å². The van der Waals surface area contributed by atoms with Gasteiger partial charge in [-0.1, -0.05) is 0 Å². The molecular formula is C20H40N2O7. The molecule has 1 heterocycles. The third-order valence-electron chi connectivity index (χ3n) is 3.90. The van der Waals surface area contributed by atoms with Gasteiger partial charge in [0, 0.05) is 6.54 Å². The Hall–Kier alpha value is -0.970. The second-order valence-corrected chi connectivity index (χ2v) is 7.70. The molecule has 1 aliphatic heterocycles. The largest absolute Gasteiger partial charge is 0.444 e. The molecular weight excluding hydrogens is 380 g/mol. The minimum absolute atomic E-state index is 0.374. The van der Waals surface area contributed by atoms with Crippen LogP contribution in [0.5, 0.6) is 0 Å². The highest BCUT2D eigenvalue weighted by Crippen LogP contribution is 2.07. The molecule has 9 nitrogen and oxygen atoms in total. The molecule has 1 rings (SSSR count). The summed E-state index contributed by atoms with van der Waals surface area (Å²) in [4.78, 5) is 11.4. The van der Waals surface area contributed by atoms with E-state index in [-0.39, 0.29) is 0 Å². The van der Waals surface area contributed by atoms with Crippen molar-refractivity contribution in [3.63, 3.8) is 0 Å². The van der Waals surface area contributed by atoms with Crippen LogP contribution < -0.4 is 10.6 Å². The van der Waals surface area contributed by atoms with Crippen molar-refractivity contribution in [3.8, 4) is 0 Å². The lowest BCUT2D eigenvalue weighted by molar-refractivity contribution is -0.0279. The lowest BCUT2D eigenvalue weighted by Gasteiger charge is -2.22. The molecule has 0 bridgehead atoms. The number of rotatable bonds is 16. The maximum atomic E-state index is 11.4. The number of hydrogen-bond donors (Lipinski definition) is 2. The van der Waals surface area contributed by atoms with Crippen LogP contribution in [0.3, 0.4) is 0 Å². The summed E-state index contributed by atoms with van der Waals surface area (Å²) in [5, 5.41) is 5.95. The molecule has 1 amide bonds. The summed E-state index contributed by atoms with van der Waals surface area (Å²) in [6.07, 6.45) is 2.10. The number of alkyl carbamates (subject to hydrolysis) is 1. The number of hydrogen-bond acceptors (Lipinski definition) is 8. The van der Waals surface area contributed by atoms with Crippen LogP contribution in [0.15, 0.2) is 0 Å². The zero-order valence-corrected chi connectivity index (χ0v) is 18.3. The van der Waals surface area contributed by atoms with Gasteiger partial charge in [0.2, 0.25) is 0 Å². The Morgan fingerprint density at radius 3 is 1.83 bits per heavy atom. The van der Waals surface area contributed by atoms with Crippen molar-refractivity contribution in [1.82, 2.24) is 10.6 Å². The molecule has 0 aromatic carbocycles. The van der Waals surface area contributed by atoms with Crippen molar-refractivity contribution >= 4 is 6.09 Å². The summed E-state index contributed by atoms with van der Waals surface area (Å²) in [6, 6.07) is 0. The first-order valence-corrected chi connectivity index (χ1v) is 10.6. The van der Waals surface area contributed by atoms with Crippen LogP contribution >= 0.6 is 0 Å². The van der Waals surface area contributed by atoms with Gasteiger partial charge in [-0.3, -0.25) is 0 Å². The van der Waals surface area contributed by atoms with Crippen LogP contribution in [0.25, 0.3) is 0 Å². The van der Waals surface area contributed by atoms with E-state index in [0.29, 0.717) is 72.1 Å². The number of piperidine rings is 1. The number of ether oxygens (including phenoxy) is 6. The first-order chi connectivity index (χ1) is 14.0. The van der Waals surface area contributed by atoms with Crippen LogP contribution in [-0.4, -0.2) is 96.9 Å². The fraction of sp³-hybridized carbons (Fsp3) is 0.950. The van der Waals surface area contributed by atoms with Crippen molar-refractivity contribution in [3.05, 3.63) is 0 Å². The number of carbonyl (C=O) groups is 1. The topological polar surface area (TPSA) is 96.5 Å². The molecule has 0 atom stereocenters. The lowest BCUT2D eigenvalue weighted by Crippen LogP contribution is -2.34. The van der Waals surface area contributed by atoms with Gasteiger partial charge in [-0.15, -0.1) is 0 Å². The van der Waals surface area contributed by atoms with Crippen LogP contribution in [0, 0.1) is 0 Å². The average molecular weight is 421 g/mol. The third kappa shape index (κ3) is 17.6. The Bertz CT molecular complexity index is 399. The Kier molecular flexibility index (Phi) is 15.1. The van der Waals surface area contributed by atoms with Crippen molar-refractivity contribution in [2.75, 3.05) is 79.1 Å². The molecule has 0 aromatic rings. The first-order valence-electron chi connectivity index (χ1n) is 10.6. The van der Waals surface area contributed by atoms with E-state index < -0.39 is 11.7 Å². The third-order valence-corrected chi connectivity index (χ3v) is 3.90. The number of amides is 1. The Labute approximate surface area is 175 Å². The van der Waals surface area contributed by atoms with Crippen molar-refractivity contribution in [1.29, 1.82) is 0 Å². The van der Waals surface area contributed by atoms with E-state index >= 15 is 0 Å². The molecule has 9 heteroatoms. The van der Waals surface area contributed by atoms with E-state index in [1.54, 1.807) is 0 Å². The van der Waals surface area contributed by atoms with E-state index in [1.807, 2.05) is 20.8 Å². The standard InChI is InChI=1S/C20H40N2O7/c1-20(2,3)29-19(23)22-8-9-24-10-11-25-12-13-26-14-15-27-16-17-28-18-4-6-21-7-5-18/h18,21H,4-17H2,1-3H3,(H,22,23). The fourth-order valence-corrected chi connectivity index (χ4v) is 2.54. The van der Waals surface area contributed by atoms with Gasteiger partial charge in [0.1, 0.15) is 5.60 Å². The van der Waals surface area contributed by atoms with Gasteiger partial charge in [-0.2, -0.15) is 0 Å². The smallest absolute Gasteiger partial charge is 0.407 e. The molecule has 0 aliphatic carbocycles. The van der Waals surface area contributed by atoms with Crippen molar-refractivity contribution in [2.45, 2.75) is 45.3 Å². The molecule has 0 unspecified atom stereocenters. The van der Waals surface area contributed by atoms with Crippen LogP contribution in [0.1, 0.15) is 33.6 Å². The molecule has 1 saturated heterocycles. The Morgan fingerprint density at radius 1 is 0.828 bits per heavy atom. The van der Waals surface area contributed by atoms with E-state index in [2.05, 4.69) is 10.6 Å². The predicted molar refractivity (Wildman–Crippen MR) is 109 cm³/mol. The fourth-order valence-electron chi connectivity index (χ4n) is 2.54. The van der Waals surface area contributed by atoms with Gasteiger partial charge >= 0.3 is 6.09 Å². The maximum Gasteiger partial charge on any atom is 0.407 e. The average Bonchev–Trinajstić information content (AvgIpc) is 2.67. The van der Waals surface area contributed by atoms with Crippen molar-refractivity contribution < 1.29 is 33.2 Å². The summed E-state index contributed by atoms with van der Waals surface area (Å²) in [5.74, 6) is 0. The van der Waals surface area contributed by atoms with Crippen LogP contribution in [0.2, 0.25) is 0 Å². The number of carbonyl (C=O) groups excluding carboxylic acids is 1. The highest BCUT2D eigenvalue weighted by atomic mass is 16.6. The molecule has 1 fully saturated rings. The highest BCUT2D eigenvalue weighted by Gasteiger charge is 2.15. The summed E-state index contributed by atoms with van der Waals surface area (Å²) >= 11 is 0. The minimum Gasteiger partial charge on any atom is -0.444 e. The maximum absolute atomic E-state index is 11.4. The Balaban J connectivity index is 1.71. The highest BCUT2D eigenvalue weighted by molar-refractivity contribution is 5.67. The second-order valence-electron chi connectivity index (χ2n) is 7.70. The van der Waals surface area contributed by atoms with E-state index in [9.17, 15) is 4.79 Å². The monoisotopic (exact) mass is 420 g/mol. The van der Waals surface area contributed by atoms with E-state index in [1.165, 1.54) is 0 Å². The van der Waals surface area contributed by atoms with Gasteiger partial charge in [-0.25, -0.2) is 4.79 Å². The number of nitrogens with one attached hydrogen (secondary N) is 2. The minimum atomic E-state index is -0.492. The zero-order valence-electron chi connectivity index (χ0n) is 18.3. The molecule has 0 saturated carbocycles. The molecule has 0 radical (unpaired) electrons. The normalized spacial score (nSPS) is 15.4. The molecule has 29 heavy (non-hydrogen) atoms. The van der Waals surface area contributed by atoms with Crippen LogP contribution in [0.4, 0.5) is 4.79 Å². The van der Waals surface area contributed by atoms with Gasteiger partial charge in [0.15, 0.2) is 0 Å². The SMILES string of the molecule is CC(C)(C)OC(=O)NCCOCCOCCOCCOCCOC1CCNCC1. The summed E-state index contributed by atoms with van der Waals surface area (Å²) in [5.41, 5.74) is -0.492. The molecule has 0 aromatic heterocycles. The molecule has 2 N–H and O–H groups in total. The van der Waals surface area contributed by atoms with Gasteiger partial charge in [-0.05, 0) is 46.7 Å². The lowest BCUT2D eigenvalue weighted by atomic mass is 10.1. The van der Waals surface area contributed by atoms with E-state index in [0.717, 1.165) is 25.9 Å². The Morgan fingerprint density at radius 2 is 1.31 bits per heavy atom. The summed E-state index contributed by atoms with van der Waals surface area (Å²) in [7, 11) is 0. The van der Waals surface area contributed by atoms with Gasteiger partial charge in [0.05, 0.1) is 65.6 Å². The van der Waals surface area contributed by atoms with Gasteiger partial charge < -0.3 is 39.1 Å². The quantitative estimate of drug-likeness (QED) is 0.361. The summed E-state index contributed by atoms with van der Waals surface area (Å²) < 4.78 is 32.6. The molecule has 0 spiro atoms.